The Morgan fingerprint density at radius 1 is 1.24 bits per heavy atom. The van der Waals surface area contributed by atoms with Gasteiger partial charge in [0.15, 0.2) is 0 Å². The Kier molecular flexibility index (Phi) is 6.39. The van der Waals surface area contributed by atoms with Crippen molar-refractivity contribution >= 4 is 23.9 Å². The Bertz CT molecular complexity index is 557. The van der Waals surface area contributed by atoms with Crippen molar-refractivity contribution in [1.29, 1.82) is 0 Å². The first-order valence-electron chi connectivity index (χ1n) is 8.01. The monoisotopic (exact) mass is 357 g/mol. The highest BCUT2D eigenvalue weighted by molar-refractivity contribution is 5.91. The molecular weight excluding hydrogens is 330 g/mol. The molecule has 1 saturated heterocycles. The van der Waals surface area contributed by atoms with Gasteiger partial charge in [-0.25, -0.2) is 4.79 Å². The van der Waals surface area contributed by atoms with Crippen LogP contribution in [0.15, 0.2) is 0 Å². The fraction of sp³-hybridized carbons (Fsp3) is 0.750. The SMILES string of the molecule is COC(=O)[C@H]1C[C@@H](C(=O)N(C)CC(N)=O)N(C(=O)OC(C)(C)C)[C@H]1C. The lowest BCUT2D eigenvalue weighted by Gasteiger charge is -2.32. The molecule has 0 aromatic carbocycles. The zero-order chi connectivity index (χ0) is 19.5. The zero-order valence-corrected chi connectivity index (χ0v) is 15.6. The van der Waals surface area contributed by atoms with Gasteiger partial charge in [0, 0.05) is 13.1 Å². The summed E-state index contributed by atoms with van der Waals surface area (Å²) in [6.45, 7) is 6.50. The summed E-state index contributed by atoms with van der Waals surface area (Å²) in [7, 11) is 2.66. The van der Waals surface area contributed by atoms with Crippen molar-refractivity contribution in [2.75, 3.05) is 20.7 Å². The van der Waals surface area contributed by atoms with Crippen molar-refractivity contribution in [1.82, 2.24) is 9.80 Å². The van der Waals surface area contributed by atoms with E-state index in [4.69, 9.17) is 15.2 Å². The van der Waals surface area contributed by atoms with Gasteiger partial charge in [-0.1, -0.05) is 0 Å². The van der Waals surface area contributed by atoms with Gasteiger partial charge in [-0.15, -0.1) is 0 Å². The molecule has 1 fully saturated rings. The van der Waals surface area contributed by atoms with Crippen LogP contribution in [0.5, 0.6) is 0 Å². The standard InChI is InChI=1S/C16H27N3O6/c1-9-10(14(22)24-6)7-11(13(21)18(5)8-12(17)20)19(9)15(23)25-16(2,3)4/h9-11H,7-8H2,1-6H3,(H2,17,20)/t9-,10-,11-/m0/s1. The summed E-state index contributed by atoms with van der Waals surface area (Å²) in [5.74, 6) is -2.32. The van der Waals surface area contributed by atoms with Crippen LogP contribution in [0.2, 0.25) is 0 Å². The van der Waals surface area contributed by atoms with Crippen molar-refractivity contribution in [3.63, 3.8) is 0 Å². The molecule has 9 nitrogen and oxygen atoms in total. The number of carbonyl (C=O) groups excluding carboxylic acids is 4. The molecule has 1 rings (SSSR count). The third-order valence-electron chi connectivity index (χ3n) is 4.00. The maximum Gasteiger partial charge on any atom is 0.411 e. The number of esters is 1. The highest BCUT2D eigenvalue weighted by atomic mass is 16.6. The number of likely N-dealkylation sites (tertiary alicyclic amines) is 1. The zero-order valence-electron chi connectivity index (χ0n) is 15.6. The number of hydrogen-bond donors (Lipinski definition) is 1. The Hall–Kier alpha value is -2.32. The maximum atomic E-state index is 12.7. The number of nitrogens with zero attached hydrogens (tertiary/aromatic N) is 2. The molecule has 1 aliphatic rings. The fourth-order valence-corrected chi connectivity index (χ4v) is 2.87. The molecule has 25 heavy (non-hydrogen) atoms. The number of carbonyl (C=O) groups is 4. The Morgan fingerprint density at radius 2 is 1.80 bits per heavy atom. The number of ether oxygens (including phenoxy) is 2. The average Bonchev–Trinajstić information content (AvgIpc) is 2.80. The highest BCUT2D eigenvalue weighted by Crippen LogP contribution is 2.33. The van der Waals surface area contributed by atoms with E-state index in [2.05, 4.69) is 0 Å². The molecule has 0 aliphatic carbocycles. The van der Waals surface area contributed by atoms with E-state index in [1.54, 1.807) is 27.7 Å². The molecule has 0 spiro atoms. The Labute approximate surface area is 147 Å². The van der Waals surface area contributed by atoms with Gasteiger partial charge in [-0.3, -0.25) is 19.3 Å². The molecule has 2 N–H and O–H groups in total. The summed E-state index contributed by atoms with van der Waals surface area (Å²) in [4.78, 5) is 50.7. The Balaban J connectivity index is 3.12. The first-order valence-corrected chi connectivity index (χ1v) is 8.01. The predicted octanol–water partition coefficient (Wildman–Crippen LogP) is 0.117. The van der Waals surface area contributed by atoms with E-state index in [9.17, 15) is 19.2 Å². The van der Waals surface area contributed by atoms with E-state index in [1.165, 1.54) is 19.1 Å². The number of hydrogen-bond acceptors (Lipinski definition) is 6. The van der Waals surface area contributed by atoms with E-state index in [0.717, 1.165) is 4.90 Å². The number of methoxy groups -OCH3 is 1. The molecule has 9 heteroatoms. The first kappa shape index (κ1) is 20.7. The second-order valence-corrected chi connectivity index (χ2v) is 7.17. The molecule has 3 amide bonds. The van der Waals surface area contributed by atoms with Crippen LogP contribution in [0, 0.1) is 5.92 Å². The molecular formula is C16H27N3O6. The van der Waals surface area contributed by atoms with Gasteiger partial charge in [0.05, 0.1) is 19.6 Å². The van der Waals surface area contributed by atoms with Crippen LogP contribution in [0.3, 0.4) is 0 Å². The predicted molar refractivity (Wildman–Crippen MR) is 88.3 cm³/mol. The molecule has 142 valence electrons. The van der Waals surface area contributed by atoms with Crippen molar-refractivity contribution < 1.29 is 28.7 Å². The van der Waals surface area contributed by atoms with Gasteiger partial charge in [0.25, 0.3) is 0 Å². The fourth-order valence-electron chi connectivity index (χ4n) is 2.87. The molecule has 1 aliphatic heterocycles. The van der Waals surface area contributed by atoms with E-state index >= 15 is 0 Å². The summed E-state index contributed by atoms with van der Waals surface area (Å²) in [6.07, 6.45) is -0.605. The van der Waals surface area contributed by atoms with Gasteiger partial charge in [0.2, 0.25) is 11.8 Å². The van der Waals surface area contributed by atoms with Crippen LogP contribution in [0.4, 0.5) is 4.79 Å². The van der Waals surface area contributed by atoms with Gasteiger partial charge in [-0.2, -0.15) is 0 Å². The van der Waals surface area contributed by atoms with Crippen molar-refractivity contribution in [2.24, 2.45) is 11.7 Å². The van der Waals surface area contributed by atoms with Crippen LogP contribution < -0.4 is 5.73 Å². The van der Waals surface area contributed by atoms with Crippen LogP contribution in [-0.4, -0.2) is 72.1 Å². The summed E-state index contributed by atoms with van der Waals surface area (Å²) < 4.78 is 10.1. The molecule has 0 saturated carbocycles. The maximum absolute atomic E-state index is 12.7. The summed E-state index contributed by atoms with van der Waals surface area (Å²) >= 11 is 0. The third-order valence-corrected chi connectivity index (χ3v) is 4.00. The normalized spacial score (nSPS) is 23.1. The van der Waals surface area contributed by atoms with E-state index in [1.807, 2.05) is 0 Å². The van der Waals surface area contributed by atoms with Crippen molar-refractivity contribution in [2.45, 2.75) is 51.8 Å². The van der Waals surface area contributed by atoms with Gasteiger partial charge in [-0.05, 0) is 34.1 Å². The topological polar surface area (TPSA) is 119 Å². The number of likely N-dealkylation sites (N-methyl/N-ethyl adjacent to an activating group) is 1. The minimum Gasteiger partial charge on any atom is -0.469 e. The lowest BCUT2D eigenvalue weighted by atomic mass is 10.00. The van der Waals surface area contributed by atoms with Crippen LogP contribution in [0.25, 0.3) is 0 Å². The van der Waals surface area contributed by atoms with Crippen molar-refractivity contribution in [3.8, 4) is 0 Å². The van der Waals surface area contributed by atoms with E-state index in [-0.39, 0.29) is 13.0 Å². The number of rotatable bonds is 4. The molecule has 0 aromatic rings. The summed E-state index contributed by atoms with van der Waals surface area (Å²) in [5, 5.41) is 0. The molecule has 0 bridgehead atoms. The van der Waals surface area contributed by atoms with Crippen LogP contribution in [0.1, 0.15) is 34.1 Å². The molecule has 0 unspecified atom stereocenters. The highest BCUT2D eigenvalue weighted by Gasteiger charge is 2.50. The molecule has 0 aromatic heterocycles. The quantitative estimate of drug-likeness (QED) is 0.714. The third kappa shape index (κ3) is 5.07. The average molecular weight is 357 g/mol. The summed E-state index contributed by atoms with van der Waals surface area (Å²) in [6, 6.07) is -1.52. The second kappa shape index (κ2) is 7.71. The van der Waals surface area contributed by atoms with E-state index in [0.29, 0.717) is 0 Å². The molecule has 3 atom stereocenters. The number of nitrogens with two attached hydrogens (primary N) is 1. The number of primary amides is 1. The lowest BCUT2D eigenvalue weighted by molar-refractivity contribution is -0.145. The van der Waals surface area contributed by atoms with Crippen molar-refractivity contribution in [3.05, 3.63) is 0 Å². The summed E-state index contributed by atoms with van der Waals surface area (Å²) in [5.41, 5.74) is 4.36. The minimum atomic E-state index is -0.932. The molecule has 1 heterocycles. The largest absolute Gasteiger partial charge is 0.469 e. The van der Waals surface area contributed by atoms with Gasteiger partial charge in [0.1, 0.15) is 11.6 Å². The lowest BCUT2D eigenvalue weighted by Crippen LogP contribution is -2.51. The second-order valence-electron chi connectivity index (χ2n) is 7.17. The Morgan fingerprint density at radius 3 is 2.24 bits per heavy atom. The van der Waals surface area contributed by atoms with E-state index < -0.39 is 47.5 Å². The first-order chi connectivity index (χ1) is 11.4. The van der Waals surface area contributed by atoms with Gasteiger partial charge < -0.3 is 20.1 Å². The molecule has 0 radical (unpaired) electrons. The van der Waals surface area contributed by atoms with Crippen LogP contribution >= 0.6 is 0 Å². The van der Waals surface area contributed by atoms with Crippen LogP contribution in [-0.2, 0) is 23.9 Å². The smallest absolute Gasteiger partial charge is 0.411 e. The minimum absolute atomic E-state index is 0.0923. The number of amides is 3. The van der Waals surface area contributed by atoms with Gasteiger partial charge >= 0.3 is 12.1 Å².